The summed E-state index contributed by atoms with van der Waals surface area (Å²) < 4.78 is 49.9. The molecule has 370 valence electrons. The fraction of sp³-hybridized carbons (Fsp3) is 0.0149. The summed E-state index contributed by atoms with van der Waals surface area (Å²) in [5, 5.41) is 41.6. The Morgan fingerprint density at radius 2 is 0.696 bits per heavy atom. The average molecular weight is 1020 g/mol. The van der Waals surface area contributed by atoms with Crippen LogP contribution < -0.4 is 0 Å². The van der Waals surface area contributed by atoms with E-state index < -0.39 is 11.7 Å². The predicted octanol–water partition coefficient (Wildman–Crippen LogP) is 16.2. The van der Waals surface area contributed by atoms with E-state index >= 15 is 13.2 Å². The molecule has 0 aliphatic carbocycles. The molecule has 0 aliphatic rings. The number of benzene rings is 9. The molecule has 0 bridgehead atoms. The number of aromatic nitrogens is 5. The molecular formula is C67H36F3N9. The molecular weight excluding hydrogens is 988 g/mol. The summed E-state index contributed by atoms with van der Waals surface area (Å²) in [4.78, 5) is 20.6. The Labute approximate surface area is 450 Å². The van der Waals surface area contributed by atoms with Crippen LogP contribution in [-0.2, 0) is 6.18 Å². The van der Waals surface area contributed by atoms with E-state index in [2.05, 4.69) is 24.3 Å². The van der Waals surface area contributed by atoms with Crippen molar-refractivity contribution in [2.24, 2.45) is 0 Å². The molecule has 0 saturated carbocycles. The van der Waals surface area contributed by atoms with Gasteiger partial charge in [0, 0.05) is 44.2 Å². The summed E-state index contributed by atoms with van der Waals surface area (Å²) in [5.41, 5.74) is 8.52. The fourth-order valence-electron chi connectivity index (χ4n) is 10.1. The van der Waals surface area contributed by atoms with Gasteiger partial charge in [-0.1, -0.05) is 146 Å². The fourth-order valence-corrected chi connectivity index (χ4v) is 10.1. The van der Waals surface area contributed by atoms with Crippen LogP contribution in [0.4, 0.5) is 13.2 Å². The third-order valence-corrected chi connectivity index (χ3v) is 13.8. The Morgan fingerprint density at radius 3 is 1.01 bits per heavy atom. The normalized spacial score (nSPS) is 11.2. The number of alkyl halides is 3. The van der Waals surface area contributed by atoms with Crippen LogP contribution in [0.3, 0.4) is 0 Å². The quantitative estimate of drug-likeness (QED) is 0.139. The molecule has 0 amide bonds. The van der Waals surface area contributed by atoms with E-state index in [1.54, 1.807) is 24.3 Å². The second-order valence-corrected chi connectivity index (χ2v) is 18.6. The highest BCUT2D eigenvalue weighted by atomic mass is 19.4. The van der Waals surface area contributed by atoms with Crippen LogP contribution in [0.1, 0.15) is 27.8 Å². The predicted molar refractivity (Wildman–Crippen MR) is 299 cm³/mol. The number of hydrogen-bond acceptors (Lipinski definition) is 8. The molecule has 12 heteroatoms. The van der Waals surface area contributed by atoms with Crippen molar-refractivity contribution in [3.8, 4) is 120 Å². The van der Waals surface area contributed by atoms with E-state index in [1.165, 1.54) is 12.1 Å². The molecule has 0 radical (unpaired) electrons. The molecule has 79 heavy (non-hydrogen) atoms. The number of nitriles is 4. The highest BCUT2D eigenvalue weighted by molar-refractivity contribution is 6.13. The summed E-state index contributed by atoms with van der Waals surface area (Å²) in [6.07, 6.45) is -4.90. The van der Waals surface area contributed by atoms with Crippen LogP contribution >= 0.6 is 0 Å². The van der Waals surface area contributed by atoms with E-state index in [4.69, 9.17) is 19.9 Å². The van der Waals surface area contributed by atoms with Gasteiger partial charge in [-0.25, -0.2) is 19.9 Å². The Hall–Kier alpha value is -11.3. The van der Waals surface area contributed by atoms with Crippen molar-refractivity contribution < 1.29 is 13.2 Å². The third kappa shape index (κ3) is 9.15. The van der Waals surface area contributed by atoms with Crippen molar-refractivity contribution in [3.05, 3.63) is 246 Å². The number of nitrogens with zero attached hydrogens (tertiary/aromatic N) is 9. The average Bonchev–Trinajstić information content (AvgIpc) is 4.09. The maximum atomic E-state index is 16.0. The number of halogens is 3. The van der Waals surface area contributed by atoms with Gasteiger partial charge in [0.25, 0.3) is 0 Å². The lowest BCUT2D eigenvalue weighted by Crippen LogP contribution is -2.11. The van der Waals surface area contributed by atoms with E-state index in [9.17, 15) is 21.0 Å². The van der Waals surface area contributed by atoms with Crippen molar-refractivity contribution in [1.29, 1.82) is 21.0 Å². The first-order chi connectivity index (χ1) is 38.6. The van der Waals surface area contributed by atoms with Gasteiger partial charge in [-0.05, 0) is 95.1 Å². The summed E-state index contributed by atoms with van der Waals surface area (Å²) in [5.74, 6) is -0.0263. The summed E-state index contributed by atoms with van der Waals surface area (Å²) >= 11 is 0. The largest absolute Gasteiger partial charge is 0.416 e. The maximum Gasteiger partial charge on any atom is 0.416 e. The van der Waals surface area contributed by atoms with Gasteiger partial charge in [0.05, 0.1) is 91.6 Å². The van der Waals surface area contributed by atoms with E-state index in [-0.39, 0.29) is 39.6 Å². The summed E-state index contributed by atoms with van der Waals surface area (Å²) in [6, 6.07) is 72.9. The first-order valence-electron chi connectivity index (χ1n) is 24.8. The van der Waals surface area contributed by atoms with Crippen LogP contribution in [0, 0.1) is 45.3 Å². The minimum Gasteiger partial charge on any atom is -0.308 e. The van der Waals surface area contributed by atoms with Gasteiger partial charge < -0.3 is 4.57 Å². The smallest absolute Gasteiger partial charge is 0.308 e. The van der Waals surface area contributed by atoms with Crippen LogP contribution in [-0.4, -0.2) is 24.5 Å². The highest BCUT2D eigenvalue weighted by Crippen LogP contribution is 2.46. The van der Waals surface area contributed by atoms with Gasteiger partial charge >= 0.3 is 6.18 Å². The van der Waals surface area contributed by atoms with Crippen molar-refractivity contribution >= 4 is 21.8 Å². The zero-order valence-corrected chi connectivity index (χ0v) is 41.4. The van der Waals surface area contributed by atoms with Crippen molar-refractivity contribution in [1.82, 2.24) is 24.5 Å². The van der Waals surface area contributed by atoms with Crippen LogP contribution in [0.15, 0.2) is 218 Å². The monoisotopic (exact) mass is 1020 g/mol. The van der Waals surface area contributed by atoms with Crippen molar-refractivity contribution in [2.45, 2.75) is 6.18 Å². The number of fused-ring (bicyclic) bond motifs is 3. The molecule has 12 rings (SSSR count). The zero-order valence-electron chi connectivity index (χ0n) is 41.4. The summed E-state index contributed by atoms with van der Waals surface area (Å²) in [7, 11) is 0. The molecule has 3 aromatic heterocycles. The maximum absolute atomic E-state index is 16.0. The molecule has 0 unspecified atom stereocenters. The molecule has 0 aliphatic heterocycles. The lowest BCUT2D eigenvalue weighted by atomic mass is 9.95. The van der Waals surface area contributed by atoms with Crippen molar-refractivity contribution in [2.75, 3.05) is 0 Å². The summed E-state index contributed by atoms with van der Waals surface area (Å²) in [6.45, 7) is 0. The third-order valence-electron chi connectivity index (χ3n) is 13.8. The Morgan fingerprint density at radius 1 is 0.342 bits per heavy atom. The van der Waals surface area contributed by atoms with Gasteiger partial charge in [0.1, 0.15) is 0 Å². The molecule has 0 N–H and O–H groups in total. The molecule has 0 spiro atoms. The molecule has 12 aromatic rings. The second-order valence-electron chi connectivity index (χ2n) is 18.6. The molecule has 0 fully saturated rings. The van der Waals surface area contributed by atoms with Crippen LogP contribution in [0.2, 0.25) is 0 Å². The highest BCUT2D eigenvalue weighted by Gasteiger charge is 2.35. The van der Waals surface area contributed by atoms with Gasteiger partial charge in [-0.2, -0.15) is 34.2 Å². The van der Waals surface area contributed by atoms with Crippen LogP contribution in [0.25, 0.3) is 118 Å². The Bertz CT molecular complexity index is 4170. The van der Waals surface area contributed by atoms with Gasteiger partial charge in [-0.15, -0.1) is 0 Å². The van der Waals surface area contributed by atoms with Gasteiger partial charge in [-0.3, -0.25) is 0 Å². The molecule has 0 saturated heterocycles. The molecule has 3 heterocycles. The van der Waals surface area contributed by atoms with E-state index in [0.29, 0.717) is 100 Å². The minimum atomic E-state index is -4.90. The van der Waals surface area contributed by atoms with Crippen LogP contribution in [0.5, 0.6) is 0 Å². The molecule has 0 atom stereocenters. The SMILES string of the molecule is N#Cc1ccc(-c2ccc3c(c2)c2cc(-c4ccc(C#N)cc4C#N)ccc2n3-c2c(-c3nc(-c4ccccc4)cc(-c4ccccc4)n3)cc(C(F)(F)F)cc2-c2nc(-c3ccccc3)cc(-c3ccccc3)n2)c(C#N)c1. The lowest BCUT2D eigenvalue weighted by Gasteiger charge is -2.21. The van der Waals surface area contributed by atoms with E-state index in [0.717, 1.165) is 12.1 Å². The Kier molecular flexibility index (Phi) is 12.4. The van der Waals surface area contributed by atoms with Crippen molar-refractivity contribution in [3.63, 3.8) is 0 Å². The molecule has 9 nitrogen and oxygen atoms in total. The standard InChI is InChI=1S/C67H36F3N9/c68-67(69,70)51-33-56(65-75-58(43-13-5-1-6-14-43)35-59(76-65)44-15-7-2-8-16-44)64(57(34-51)66-77-60(45-17-9-3-10-18-45)36-61(78-66)46-19-11-4-12-20-46)79-62-27-23-47(52-25-21-41(37-71)29-49(52)39-73)31-54(62)55-32-48(24-28-63(55)79)53-26-22-42(38-72)30-50(53)40-74/h1-36H. The lowest BCUT2D eigenvalue weighted by molar-refractivity contribution is -0.137. The number of hydrogen-bond donors (Lipinski definition) is 0. The minimum absolute atomic E-state index is 0.0132. The van der Waals surface area contributed by atoms with E-state index in [1.807, 2.05) is 174 Å². The number of rotatable bonds is 9. The van der Waals surface area contributed by atoms with Gasteiger partial charge in [0.15, 0.2) is 11.6 Å². The molecule has 9 aromatic carbocycles. The van der Waals surface area contributed by atoms with Gasteiger partial charge in [0.2, 0.25) is 0 Å². The first kappa shape index (κ1) is 48.6. The topological polar surface area (TPSA) is 152 Å². The second kappa shape index (κ2) is 20.1. The first-order valence-corrected chi connectivity index (χ1v) is 24.8. The Balaban J connectivity index is 1.26. The zero-order chi connectivity index (χ0) is 54.2.